The third-order valence-corrected chi connectivity index (χ3v) is 4.07. The van der Waals surface area contributed by atoms with Gasteiger partial charge in [-0.2, -0.15) is 5.10 Å². The molecule has 2 aromatic rings. The highest BCUT2D eigenvalue weighted by molar-refractivity contribution is 6.44. The fraction of sp³-hybridized carbons (Fsp3) is 0.333. The van der Waals surface area contributed by atoms with Crippen molar-refractivity contribution in [2.75, 3.05) is 20.3 Å². The summed E-state index contributed by atoms with van der Waals surface area (Å²) in [7, 11) is 1.79. The van der Waals surface area contributed by atoms with Crippen LogP contribution in [0.15, 0.2) is 42.7 Å². The third-order valence-electron chi connectivity index (χ3n) is 4.07. The van der Waals surface area contributed by atoms with Crippen LogP contribution in [-0.2, 0) is 16.1 Å². The van der Waals surface area contributed by atoms with E-state index in [1.165, 1.54) is 0 Å². The number of imide groups is 2. The minimum atomic E-state index is -0.768. The first-order valence-corrected chi connectivity index (χ1v) is 8.46. The van der Waals surface area contributed by atoms with E-state index in [9.17, 15) is 14.4 Å². The van der Waals surface area contributed by atoms with E-state index in [0.29, 0.717) is 13.0 Å². The molecule has 1 aromatic heterocycles. The summed E-state index contributed by atoms with van der Waals surface area (Å²) in [5, 5.41) is 4.33. The number of hydrogen-bond acceptors (Lipinski definition) is 5. The number of carbonyl (C=O) groups is 3. The summed E-state index contributed by atoms with van der Waals surface area (Å²) >= 11 is 0. The molecular formula is C18H21N5O3. The van der Waals surface area contributed by atoms with Crippen molar-refractivity contribution in [3.63, 3.8) is 0 Å². The lowest BCUT2D eigenvalue weighted by Crippen LogP contribution is -2.40. The van der Waals surface area contributed by atoms with Gasteiger partial charge in [0.1, 0.15) is 0 Å². The molecule has 1 aliphatic rings. The van der Waals surface area contributed by atoms with E-state index >= 15 is 0 Å². The summed E-state index contributed by atoms with van der Waals surface area (Å²) in [5.74, 6) is -1.52. The van der Waals surface area contributed by atoms with Gasteiger partial charge in [-0.05, 0) is 25.6 Å². The van der Waals surface area contributed by atoms with Crippen LogP contribution in [0.1, 0.15) is 18.9 Å². The average molecular weight is 355 g/mol. The first kappa shape index (κ1) is 17.8. The molecule has 0 radical (unpaired) electrons. The predicted octanol–water partition coefficient (Wildman–Crippen LogP) is 1.46. The van der Waals surface area contributed by atoms with Gasteiger partial charge >= 0.3 is 17.8 Å². The molecule has 8 nitrogen and oxygen atoms in total. The Balaban J connectivity index is 1.63. The first-order chi connectivity index (χ1) is 12.5. The summed E-state index contributed by atoms with van der Waals surface area (Å²) in [6, 6.07) is 9.17. The van der Waals surface area contributed by atoms with Crippen LogP contribution in [0.2, 0.25) is 0 Å². The molecular weight excluding hydrogens is 334 g/mol. The molecule has 1 aromatic carbocycles. The predicted molar refractivity (Wildman–Crippen MR) is 94.1 cm³/mol. The van der Waals surface area contributed by atoms with Gasteiger partial charge in [-0.25, -0.2) is 14.4 Å². The highest BCUT2D eigenvalue weighted by atomic mass is 16.2. The molecule has 0 N–H and O–H groups in total. The zero-order valence-corrected chi connectivity index (χ0v) is 14.8. The van der Waals surface area contributed by atoms with Crippen molar-refractivity contribution in [2.24, 2.45) is 0 Å². The number of amides is 4. The summed E-state index contributed by atoms with van der Waals surface area (Å²) < 4.78 is 1.77. The van der Waals surface area contributed by atoms with Gasteiger partial charge in [0.15, 0.2) is 0 Å². The molecule has 0 atom stereocenters. The Bertz CT molecular complexity index is 817. The monoisotopic (exact) mass is 355 g/mol. The zero-order valence-electron chi connectivity index (χ0n) is 14.8. The molecule has 1 saturated heterocycles. The van der Waals surface area contributed by atoms with Crippen LogP contribution in [0.25, 0.3) is 5.69 Å². The molecule has 0 saturated carbocycles. The topological polar surface area (TPSA) is 78.8 Å². The smallest absolute Gasteiger partial charge is 0.284 e. The largest absolute Gasteiger partial charge is 0.335 e. The molecule has 26 heavy (non-hydrogen) atoms. The van der Waals surface area contributed by atoms with Crippen LogP contribution in [0.4, 0.5) is 4.79 Å². The van der Waals surface area contributed by atoms with Crippen molar-refractivity contribution < 1.29 is 14.4 Å². The van der Waals surface area contributed by atoms with Crippen LogP contribution in [-0.4, -0.2) is 62.6 Å². The van der Waals surface area contributed by atoms with Gasteiger partial charge in [-0.15, -0.1) is 0 Å². The van der Waals surface area contributed by atoms with Crippen LogP contribution in [0.5, 0.6) is 0 Å². The van der Waals surface area contributed by atoms with Crippen molar-refractivity contribution in [3.8, 4) is 5.69 Å². The Labute approximate surface area is 151 Å². The van der Waals surface area contributed by atoms with Crippen LogP contribution >= 0.6 is 0 Å². The van der Waals surface area contributed by atoms with E-state index in [1.807, 2.05) is 43.5 Å². The van der Waals surface area contributed by atoms with Crippen LogP contribution in [0, 0.1) is 0 Å². The molecule has 0 bridgehead atoms. The van der Waals surface area contributed by atoms with E-state index in [4.69, 9.17) is 0 Å². The van der Waals surface area contributed by atoms with Gasteiger partial charge in [0.2, 0.25) is 0 Å². The second kappa shape index (κ2) is 7.49. The Morgan fingerprint density at radius 3 is 2.42 bits per heavy atom. The Hall–Kier alpha value is -3.00. The van der Waals surface area contributed by atoms with Crippen molar-refractivity contribution in [1.29, 1.82) is 0 Å². The number of para-hydroxylation sites is 1. The van der Waals surface area contributed by atoms with Gasteiger partial charge < -0.3 is 0 Å². The second-order valence-electron chi connectivity index (χ2n) is 6.26. The fourth-order valence-electron chi connectivity index (χ4n) is 2.86. The number of urea groups is 1. The molecule has 2 heterocycles. The maximum atomic E-state index is 12.3. The van der Waals surface area contributed by atoms with Crippen molar-refractivity contribution in [1.82, 2.24) is 24.5 Å². The van der Waals surface area contributed by atoms with Gasteiger partial charge in [-0.3, -0.25) is 19.4 Å². The van der Waals surface area contributed by atoms with E-state index in [0.717, 1.165) is 21.1 Å². The average Bonchev–Trinajstić information content (AvgIpc) is 3.18. The lowest BCUT2D eigenvalue weighted by atomic mass is 10.3. The molecule has 1 aliphatic heterocycles. The van der Waals surface area contributed by atoms with E-state index in [1.54, 1.807) is 22.8 Å². The standard InChI is InChI=1S/C18H21N5O3/c1-3-9-21-16(24)17(25)22(18(21)26)13-20(2)11-14-10-19-23(12-14)15-7-5-4-6-8-15/h4-8,10,12H,3,9,11,13H2,1-2H3. The van der Waals surface area contributed by atoms with Crippen LogP contribution < -0.4 is 0 Å². The van der Waals surface area contributed by atoms with Gasteiger partial charge in [0, 0.05) is 24.8 Å². The molecule has 8 heteroatoms. The summed E-state index contributed by atoms with van der Waals surface area (Å²) in [5.41, 5.74) is 1.89. The lowest BCUT2D eigenvalue weighted by molar-refractivity contribution is -0.143. The second-order valence-corrected chi connectivity index (χ2v) is 6.26. The highest BCUT2D eigenvalue weighted by Crippen LogP contribution is 2.14. The third kappa shape index (κ3) is 3.50. The maximum absolute atomic E-state index is 12.3. The Morgan fingerprint density at radius 1 is 1.04 bits per heavy atom. The molecule has 0 unspecified atom stereocenters. The van der Waals surface area contributed by atoms with E-state index in [2.05, 4.69) is 5.10 Å². The number of nitrogens with zero attached hydrogens (tertiary/aromatic N) is 5. The minimum absolute atomic E-state index is 0.0557. The molecule has 0 spiro atoms. The summed E-state index contributed by atoms with van der Waals surface area (Å²) in [6.45, 7) is 2.66. The quantitative estimate of drug-likeness (QED) is 0.555. The number of rotatable bonds is 7. The van der Waals surface area contributed by atoms with Gasteiger partial charge in [-0.1, -0.05) is 25.1 Å². The number of hydrogen-bond donors (Lipinski definition) is 0. The molecule has 136 valence electrons. The zero-order chi connectivity index (χ0) is 18.7. The first-order valence-electron chi connectivity index (χ1n) is 8.46. The normalized spacial score (nSPS) is 14.8. The number of benzene rings is 1. The van der Waals surface area contributed by atoms with Crippen molar-refractivity contribution in [2.45, 2.75) is 19.9 Å². The summed E-state index contributed by atoms with van der Waals surface area (Å²) in [6.07, 6.45) is 4.26. The van der Waals surface area contributed by atoms with Gasteiger partial charge in [0.05, 0.1) is 18.6 Å². The SMILES string of the molecule is CCCN1C(=O)C(=O)N(CN(C)Cc2cnn(-c3ccccc3)c2)C1=O. The Kier molecular flexibility index (Phi) is 5.13. The van der Waals surface area contributed by atoms with Gasteiger partial charge in [0.25, 0.3) is 0 Å². The van der Waals surface area contributed by atoms with E-state index < -0.39 is 17.8 Å². The Morgan fingerprint density at radius 2 is 1.73 bits per heavy atom. The molecule has 3 rings (SSSR count). The lowest BCUT2D eigenvalue weighted by Gasteiger charge is -2.21. The van der Waals surface area contributed by atoms with Crippen LogP contribution in [0.3, 0.4) is 0 Å². The maximum Gasteiger partial charge on any atom is 0.335 e. The molecule has 1 fully saturated rings. The van der Waals surface area contributed by atoms with E-state index in [-0.39, 0.29) is 13.2 Å². The minimum Gasteiger partial charge on any atom is -0.284 e. The number of carbonyl (C=O) groups excluding carboxylic acids is 3. The van der Waals surface area contributed by atoms with Crippen molar-refractivity contribution in [3.05, 3.63) is 48.3 Å². The summed E-state index contributed by atoms with van der Waals surface area (Å²) in [4.78, 5) is 40.0. The molecule has 0 aliphatic carbocycles. The molecule has 4 amide bonds. The fourth-order valence-corrected chi connectivity index (χ4v) is 2.86. The van der Waals surface area contributed by atoms with Crippen molar-refractivity contribution >= 4 is 17.8 Å². The number of aromatic nitrogens is 2. The highest BCUT2D eigenvalue weighted by Gasteiger charge is 2.44.